The normalized spacial score (nSPS) is 43.0. The molecule has 1 saturated heterocycles. The molecule has 1 heterocycles. The van der Waals surface area contributed by atoms with Gasteiger partial charge in [0.05, 0.1) is 0 Å². The fraction of sp³-hybridized carbons (Fsp3) is 1.00. The Balaban J connectivity index is 1.61. The summed E-state index contributed by atoms with van der Waals surface area (Å²) in [5.41, 5.74) is 6.03. The highest BCUT2D eigenvalue weighted by atomic mass is 15.2. The van der Waals surface area contributed by atoms with E-state index in [0.29, 0.717) is 6.04 Å². The first-order valence-corrected chi connectivity index (χ1v) is 8.23. The molecule has 3 fully saturated rings. The van der Waals surface area contributed by atoms with Crippen LogP contribution in [0.25, 0.3) is 0 Å². The molecule has 1 aliphatic heterocycles. The predicted octanol–water partition coefficient (Wildman–Crippen LogP) is 3.01. The van der Waals surface area contributed by atoms with E-state index in [-0.39, 0.29) is 0 Å². The van der Waals surface area contributed by atoms with Crippen LogP contribution in [-0.4, -0.2) is 30.1 Å². The molecule has 4 unspecified atom stereocenters. The maximum Gasteiger partial charge on any atom is 0.0223 e. The molecule has 0 spiro atoms. The van der Waals surface area contributed by atoms with Crippen molar-refractivity contribution in [3.05, 3.63) is 0 Å². The van der Waals surface area contributed by atoms with Crippen molar-refractivity contribution in [3.8, 4) is 0 Å². The molecule has 0 aromatic heterocycles. The van der Waals surface area contributed by atoms with Gasteiger partial charge in [0.15, 0.2) is 0 Å². The molecule has 0 aromatic carbocycles. The van der Waals surface area contributed by atoms with Gasteiger partial charge >= 0.3 is 0 Å². The van der Waals surface area contributed by atoms with E-state index in [1.807, 2.05) is 0 Å². The maximum atomic E-state index is 6.03. The zero-order valence-corrected chi connectivity index (χ0v) is 12.0. The van der Waals surface area contributed by atoms with Crippen molar-refractivity contribution in [1.82, 2.24) is 4.90 Å². The third-order valence-electron chi connectivity index (χ3n) is 5.74. The van der Waals surface area contributed by atoms with Gasteiger partial charge in [-0.3, -0.25) is 4.90 Å². The highest BCUT2D eigenvalue weighted by molar-refractivity contribution is 4.92. The molecule has 0 amide bonds. The van der Waals surface area contributed by atoms with Crippen LogP contribution >= 0.6 is 0 Å². The summed E-state index contributed by atoms with van der Waals surface area (Å²) in [6.45, 7) is 4.58. The van der Waals surface area contributed by atoms with Crippen LogP contribution in [0.1, 0.15) is 58.3 Å². The van der Waals surface area contributed by atoms with Crippen molar-refractivity contribution < 1.29 is 0 Å². The molecular formula is C16H30N2. The Bertz CT molecular complexity index is 274. The number of hydrogen-bond acceptors (Lipinski definition) is 2. The number of likely N-dealkylation sites (tertiary alicyclic amines) is 1. The van der Waals surface area contributed by atoms with E-state index in [9.17, 15) is 0 Å². The molecule has 2 N–H and O–H groups in total. The monoisotopic (exact) mass is 250 g/mol. The zero-order valence-electron chi connectivity index (χ0n) is 12.0. The van der Waals surface area contributed by atoms with Gasteiger partial charge in [-0.1, -0.05) is 19.8 Å². The minimum Gasteiger partial charge on any atom is -0.329 e. The number of rotatable bonds is 3. The minimum atomic E-state index is 0.678. The Morgan fingerprint density at radius 2 is 1.83 bits per heavy atom. The van der Waals surface area contributed by atoms with Gasteiger partial charge in [0, 0.05) is 18.6 Å². The standard InChI is InChI=1S/C16H30N2/c1-12-7-8-18(16(9-12)11-17)15-4-2-3-14(10-15)13-5-6-13/h12-16H,2-11,17H2,1H3. The van der Waals surface area contributed by atoms with Gasteiger partial charge in [0.1, 0.15) is 0 Å². The van der Waals surface area contributed by atoms with E-state index in [0.717, 1.165) is 30.3 Å². The zero-order chi connectivity index (χ0) is 12.5. The summed E-state index contributed by atoms with van der Waals surface area (Å²) in [6, 6.07) is 1.54. The first-order valence-electron chi connectivity index (χ1n) is 8.23. The molecule has 18 heavy (non-hydrogen) atoms. The molecule has 2 nitrogen and oxygen atoms in total. The van der Waals surface area contributed by atoms with Crippen LogP contribution in [0.3, 0.4) is 0 Å². The van der Waals surface area contributed by atoms with Crippen molar-refractivity contribution in [3.63, 3.8) is 0 Å². The molecule has 0 bridgehead atoms. The molecule has 2 aliphatic carbocycles. The summed E-state index contributed by atoms with van der Waals surface area (Å²) < 4.78 is 0. The van der Waals surface area contributed by atoms with E-state index in [1.54, 1.807) is 0 Å². The van der Waals surface area contributed by atoms with Crippen LogP contribution < -0.4 is 5.73 Å². The van der Waals surface area contributed by atoms with Crippen molar-refractivity contribution in [2.24, 2.45) is 23.5 Å². The topological polar surface area (TPSA) is 29.3 Å². The molecule has 2 saturated carbocycles. The summed E-state index contributed by atoms with van der Waals surface area (Å²) in [4.78, 5) is 2.80. The predicted molar refractivity (Wildman–Crippen MR) is 76.4 cm³/mol. The summed E-state index contributed by atoms with van der Waals surface area (Å²) in [5, 5.41) is 0. The molecule has 2 heteroatoms. The van der Waals surface area contributed by atoms with Crippen molar-refractivity contribution >= 4 is 0 Å². The fourth-order valence-electron chi connectivity index (χ4n) is 4.48. The van der Waals surface area contributed by atoms with Crippen molar-refractivity contribution in [2.45, 2.75) is 70.4 Å². The van der Waals surface area contributed by atoms with Gasteiger partial charge in [0.2, 0.25) is 0 Å². The minimum absolute atomic E-state index is 0.678. The van der Waals surface area contributed by atoms with Crippen LogP contribution in [0.4, 0.5) is 0 Å². The summed E-state index contributed by atoms with van der Waals surface area (Å²) in [6.07, 6.45) is 11.7. The second kappa shape index (κ2) is 5.50. The van der Waals surface area contributed by atoms with Crippen LogP contribution in [0.5, 0.6) is 0 Å². The largest absolute Gasteiger partial charge is 0.329 e. The fourth-order valence-corrected chi connectivity index (χ4v) is 4.48. The Labute approximate surface area is 112 Å². The summed E-state index contributed by atoms with van der Waals surface area (Å²) in [5.74, 6) is 3.05. The lowest BCUT2D eigenvalue weighted by molar-refractivity contribution is 0.0424. The third-order valence-corrected chi connectivity index (χ3v) is 5.74. The Morgan fingerprint density at radius 3 is 2.56 bits per heavy atom. The second-order valence-corrected chi connectivity index (χ2v) is 7.17. The van der Waals surface area contributed by atoms with Crippen molar-refractivity contribution in [1.29, 1.82) is 0 Å². The van der Waals surface area contributed by atoms with Gasteiger partial charge in [-0.15, -0.1) is 0 Å². The van der Waals surface area contributed by atoms with E-state index < -0.39 is 0 Å². The molecule has 3 rings (SSSR count). The molecule has 4 atom stereocenters. The lowest BCUT2D eigenvalue weighted by atomic mass is 9.80. The SMILES string of the molecule is CC1CCN(C2CCCC(C3CC3)C2)C(CN)C1. The summed E-state index contributed by atoms with van der Waals surface area (Å²) in [7, 11) is 0. The van der Waals surface area contributed by atoms with Gasteiger partial charge in [0.25, 0.3) is 0 Å². The van der Waals surface area contributed by atoms with Gasteiger partial charge in [-0.2, -0.15) is 0 Å². The number of nitrogens with two attached hydrogens (primary N) is 1. The number of hydrogen-bond donors (Lipinski definition) is 1. The van der Waals surface area contributed by atoms with Gasteiger partial charge < -0.3 is 5.73 Å². The lowest BCUT2D eigenvalue weighted by Gasteiger charge is -2.45. The van der Waals surface area contributed by atoms with Crippen LogP contribution in [0.2, 0.25) is 0 Å². The summed E-state index contributed by atoms with van der Waals surface area (Å²) >= 11 is 0. The highest BCUT2D eigenvalue weighted by Gasteiger charge is 2.38. The molecule has 0 aromatic rings. The molecule has 104 valence electrons. The van der Waals surface area contributed by atoms with Crippen LogP contribution in [0.15, 0.2) is 0 Å². The number of piperidine rings is 1. The quantitative estimate of drug-likeness (QED) is 0.834. The van der Waals surface area contributed by atoms with E-state index in [4.69, 9.17) is 5.73 Å². The third kappa shape index (κ3) is 2.75. The molecular weight excluding hydrogens is 220 g/mol. The van der Waals surface area contributed by atoms with E-state index >= 15 is 0 Å². The lowest BCUT2D eigenvalue weighted by Crippen LogP contribution is -2.52. The second-order valence-electron chi connectivity index (χ2n) is 7.17. The Kier molecular flexibility index (Phi) is 3.95. The van der Waals surface area contributed by atoms with E-state index in [1.165, 1.54) is 57.9 Å². The smallest absolute Gasteiger partial charge is 0.0223 e. The number of nitrogens with zero attached hydrogens (tertiary/aromatic N) is 1. The average Bonchev–Trinajstić information content (AvgIpc) is 3.23. The van der Waals surface area contributed by atoms with Crippen LogP contribution in [0, 0.1) is 17.8 Å². The van der Waals surface area contributed by atoms with Gasteiger partial charge in [-0.05, 0) is 62.8 Å². The van der Waals surface area contributed by atoms with Gasteiger partial charge in [-0.25, -0.2) is 0 Å². The Morgan fingerprint density at radius 1 is 1.00 bits per heavy atom. The maximum absolute atomic E-state index is 6.03. The average molecular weight is 250 g/mol. The van der Waals surface area contributed by atoms with E-state index in [2.05, 4.69) is 11.8 Å². The molecule has 3 aliphatic rings. The first-order chi connectivity index (χ1) is 8.78. The highest BCUT2D eigenvalue weighted by Crippen LogP contribution is 2.45. The first kappa shape index (κ1) is 12.9. The Hall–Kier alpha value is -0.0800. The van der Waals surface area contributed by atoms with Crippen molar-refractivity contribution in [2.75, 3.05) is 13.1 Å². The molecule has 0 radical (unpaired) electrons. The van der Waals surface area contributed by atoms with Crippen LogP contribution in [-0.2, 0) is 0 Å².